The third-order valence-corrected chi connectivity index (χ3v) is 2.37. The normalized spacial score (nSPS) is 37.6. The minimum atomic E-state index is -1.06. The second kappa shape index (κ2) is 3.66. The van der Waals surface area contributed by atoms with Gasteiger partial charge in [-0.1, -0.05) is 0 Å². The van der Waals surface area contributed by atoms with Crippen molar-refractivity contribution < 1.29 is 20.1 Å². The summed E-state index contributed by atoms with van der Waals surface area (Å²) in [4.78, 5) is 6.57. The Morgan fingerprint density at radius 1 is 1.43 bits per heavy atom. The number of hydrogen-bond acceptors (Lipinski definition) is 5. The molecule has 2 heterocycles. The summed E-state index contributed by atoms with van der Waals surface area (Å²) in [5, 5.41) is 27.9. The Kier molecular flexibility index (Phi) is 2.51. The Hall–Kier alpha value is -0.950. The van der Waals surface area contributed by atoms with Crippen LogP contribution in [0.5, 0.6) is 0 Å². The van der Waals surface area contributed by atoms with Gasteiger partial charge >= 0.3 is 0 Å². The van der Waals surface area contributed by atoms with Crippen molar-refractivity contribution in [3.63, 3.8) is 0 Å². The maximum atomic E-state index is 9.60. The van der Waals surface area contributed by atoms with Gasteiger partial charge in [-0.3, -0.25) is 0 Å². The predicted molar refractivity (Wildman–Crippen MR) is 45.3 cm³/mol. The molecule has 0 saturated carbocycles. The van der Waals surface area contributed by atoms with Gasteiger partial charge in [-0.05, 0) is 0 Å². The number of hydrogen-bond donors (Lipinski definition) is 4. The quantitative estimate of drug-likeness (QED) is 0.469. The lowest BCUT2D eigenvalue weighted by Crippen LogP contribution is -2.32. The van der Waals surface area contributed by atoms with Crippen molar-refractivity contribution in [3.05, 3.63) is 18.2 Å². The molecule has 1 saturated heterocycles. The van der Waals surface area contributed by atoms with Crippen LogP contribution in [0.15, 0.2) is 12.5 Å². The van der Waals surface area contributed by atoms with E-state index in [4.69, 9.17) is 9.84 Å². The zero-order valence-corrected chi connectivity index (χ0v) is 7.37. The molecule has 4 N–H and O–H groups in total. The predicted octanol–water partition coefficient (Wildman–Crippen LogP) is -1.44. The number of aromatic nitrogens is 2. The lowest BCUT2D eigenvalue weighted by Gasteiger charge is -2.11. The van der Waals surface area contributed by atoms with Crippen LogP contribution in [-0.2, 0) is 4.74 Å². The maximum Gasteiger partial charge on any atom is 0.128 e. The largest absolute Gasteiger partial charge is 0.394 e. The number of H-pyrrole nitrogens is 1. The highest BCUT2D eigenvalue weighted by atomic mass is 16.6. The van der Waals surface area contributed by atoms with Crippen LogP contribution < -0.4 is 0 Å². The van der Waals surface area contributed by atoms with Crippen molar-refractivity contribution in [1.82, 2.24) is 9.97 Å². The SMILES string of the molecule is OC[C@H]1OC(c2cnc[nH]2)[C@H](O)[C@@H]1O. The molecule has 6 nitrogen and oxygen atoms in total. The number of nitrogens with one attached hydrogen (secondary N) is 1. The van der Waals surface area contributed by atoms with Crippen LogP contribution in [0.2, 0.25) is 0 Å². The topological polar surface area (TPSA) is 98.6 Å². The lowest BCUT2D eigenvalue weighted by molar-refractivity contribution is -0.0238. The molecular formula is C8H12N2O4. The molecule has 6 heteroatoms. The van der Waals surface area contributed by atoms with Gasteiger partial charge in [0.2, 0.25) is 0 Å². The first kappa shape index (κ1) is 9.60. The van der Waals surface area contributed by atoms with E-state index in [-0.39, 0.29) is 6.61 Å². The van der Waals surface area contributed by atoms with Gasteiger partial charge in [0.15, 0.2) is 0 Å². The molecule has 1 aliphatic rings. The van der Waals surface area contributed by atoms with Crippen LogP contribution in [0.25, 0.3) is 0 Å². The minimum Gasteiger partial charge on any atom is -0.394 e. The van der Waals surface area contributed by atoms with E-state index >= 15 is 0 Å². The second-order valence-electron chi connectivity index (χ2n) is 3.27. The molecule has 1 aromatic heterocycles. The number of rotatable bonds is 2. The fraction of sp³-hybridized carbons (Fsp3) is 0.625. The Labute approximate surface area is 80.2 Å². The number of aromatic amines is 1. The fourth-order valence-corrected chi connectivity index (χ4v) is 1.58. The van der Waals surface area contributed by atoms with Crippen LogP contribution in [0.3, 0.4) is 0 Å². The highest BCUT2D eigenvalue weighted by Crippen LogP contribution is 2.31. The molecule has 1 fully saturated rings. The molecule has 0 radical (unpaired) electrons. The molecule has 0 spiro atoms. The van der Waals surface area contributed by atoms with Crippen LogP contribution in [0, 0.1) is 0 Å². The summed E-state index contributed by atoms with van der Waals surface area (Å²) in [7, 11) is 0. The first-order valence-electron chi connectivity index (χ1n) is 4.34. The number of aliphatic hydroxyl groups is 3. The van der Waals surface area contributed by atoms with E-state index in [1.165, 1.54) is 12.5 Å². The summed E-state index contributed by atoms with van der Waals surface area (Å²) >= 11 is 0. The number of nitrogens with zero attached hydrogens (tertiary/aromatic N) is 1. The molecule has 1 aliphatic heterocycles. The van der Waals surface area contributed by atoms with Gasteiger partial charge in [0.1, 0.15) is 24.4 Å². The molecule has 14 heavy (non-hydrogen) atoms. The van der Waals surface area contributed by atoms with Crippen molar-refractivity contribution in [2.24, 2.45) is 0 Å². The summed E-state index contributed by atoms with van der Waals surface area (Å²) in [5.41, 5.74) is 0.590. The van der Waals surface area contributed by atoms with Gasteiger partial charge in [0.05, 0.1) is 24.8 Å². The van der Waals surface area contributed by atoms with E-state index in [1.54, 1.807) is 0 Å². The van der Waals surface area contributed by atoms with E-state index < -0.39 is 24.4 Å². The fourth-order valence-electron chi connectivity index (χ4n) is 1.58. The molecule has 2 rings (SSSR count). The molecule has 0 bridgehead atoms. The van der Waals surface area contributed by atoms with Crippen molar-refractivity contribution in [3.8, 4) is 0 Å². The molecule has 0 aliphatic carbocycles. The van der Waals surface area contributed by atoms with Crippen LogP contribution in [0.1, 0.15) is 11.8 Å². The van der Waals surface area contributed by atoms with Crippen molar-refractivity contribution in [2.75, 3.05) is 6.61 Å². The zero-order chi connectivity index (χ0) is 10.1. The monoisotopic (exact) mass is 200 g/mol. The molecule has 78 valence electrons. The van der Waals surface area contributed by atoms with Crippen molar-refractivity contribution in [2.45, 2.75) is 24.4 Å². The van der Waals surface area contributed by atoms with Crippen LogP contribution >= 0.6 is 0 Å². The minimum absolute atomic E-state index is 0.317. The first-order chi connectivity index (χ1) is 6.74. The molecule has 4 atom stereocenters. The Balaban J connectivity index is 2.16. The van der Waals surface area contributed by atoms with Gasteiger partial charge in [-0.25, -0.2) is 4.98 Å². The van der Waals surface area contributed by atoms with E-state index in [0.717, 1.165) is 0 Å². The van der Waals surface area contributed by atoms with E-state index in [9.17, 15) is 10.2 Å². The Morgan fingerprint density at radius 3 is 2.71 bits per heavy atom. The van der Waals surface area contributed by atoms with E-state index in [0.29, 0.717) is 5.69 Å². The smallest absolute Gasteiger partial charge is 0.128 e. The third kappa shape index (κ3) is 1.42. The van der Waals surface area contributed by atoms with Gasteiger partial charge in [-0.15, -0.1) is 0 Å². The van der Waals surface area contributed by atoms with Gasteiger partial charge in [0.25, 0.3) is 0 Å². The standard InChI is InChI=1S/C8H12N2O4/c11-2-5-6(12)7(13)8(14-5)4-1-9-3-10-4/h1,3,5-8,11-13H,2H2,(H,9,10)/t5-,6-,7-,8?/m1/s1. The van der Waals surface area contributed by atoms with Crippen LogP contribution in [0.4, 0.5) is 0 Å². The maximum absolute atomic E-state index is 9.60. The number of aliphatic hydroxyl groups excluding tert-OH is 3. The Bertz CT molecular complexity index is 290. The third-order valence-electron chi connectivity index (χ3n) is 2.37. The van der Waals surface area contributed by atoms with Gasteiger partial charge in [-0.2, -0.15) is 0 Å². The average molecular weight is 200 g/mol. The molecule has 1 unspecified atom stereocenters. The van der Waals surface area contributed by atoms with Crippen LogP contribution in [-0.4, -0.2) is 50.2 Å². The van der Waals surface area contributed by atoms with E-state index in [2.05, 4.69) is 9.97 Å². The van der Waals surface area contributed by atoms with E-state index in [1.807, 2.05) is 0 Å². The number of imidazole rings is 1. The molecule has 1 aromatic rings. The van der Waals surface area contributed by atoms with Crippen molar-refractivity contribution in [1.29, 1.82) is 0 Å². The Morgan fingerprint density at radius 2 is 2.21 bits per heavy atom. The summed E-state index contributed by atoms with van der Waals surface area (Å²) < 4.78 is 5.26. The molecule has 0 amide bonds. The zero-order valence-electron chi connectivity index (χ0n) is 7.37. The highest BCUT2D eigenvalue weighted by molar-refractivity contribution is 5.07. The summed E-state index contributed by atoms with van der Waals surface area (Å²) in [6.07, 6.45) is -0.506. The second-order valence-corrected chi connectivity index (χ2v) is 3.27. The van der Waals surface area contributed by atoms with Gasteiger partial charge in [0, 0.05) is 0 Å². The highest BCUT2D eigenvalue weighted by Gasteiger charge is 2.43. The number of ether oxygens (including phenoxy) is 1. The van der Waals surface area contributed by atoms with Crippen molar-refractivity contribution >= 4 is 0 Å². The summed E-state index contributed by atoms with van der Waals surface area (Å²) in [5.74, 6) is 0. The lowest BCUT2D eigenvalue weighted by atomic mass is 10.1. The molecule has 0 aromatic carbocycles. The molecular weight excluding hydrogens is 188 g/mol. The summed E-state index contributed by atoms with van der Waals surface area (Å²) in [6.45, 7) is -0.317. The van der Waals surface area contributed by atoms with Gasteiger partial charge < -0.3 is 25.0 Å². The average Bonchev–Trinajstić information content (AvgIpc) is 2.78. The summed E-state index contributed by atoms with van der Waals surface area (Å²) in [6, 6.07) is 0. The first-order valence-corrected chi connectivity index (χ1v) is 4.34.